The van der Waals surface area contributed by atoms with E-state index in [1.54, 1.807) is 6.07 Å². The van der Waals surface area contributed by atoms with Crippen LogP contribution in [0.1, 0.15) is 37.8 Å². The second-order valence-electron chi connectivity index (χ2n) is 5.80. The highest BCUT2D eigenvalue weighted by atomic mass is 16.6. The predicted molar refractivity (Wildman–Crippen MR) is 90.8 cm³/mol. The van der Waals surface area contributed by atoms with E-state index in [1.807, 2.05) is 32.9 Å². The lowest BCUT2D eigenvalue weighted by molar-refractivity contribution is -0.384. The molecule has 2 N–H and O–H groups in total. The molecule has 2 atom stereocenters. The first-order chi connectivity index (χ1) is 11.3. The number of nitrogens with one attached hydrogen (secondary N) is 2. The largest absolute Gasteiger partial charge is 0.465 e. The van der Waals surface area contributed by atoms with Crippen molar-refractivity contribution < 1.29 is 14.1 Å². The van der Waals surface area contributed by atoms with E-state index in [4.69, 9.17) is 4.42 Å². The first-order valence-corrected chi connectivity index (χ1v) is 7.72. The Morgan fingerprint density at radius 1 is 1.29 bits per heavy atom. The van der Waals surface area contributed by atoms with E-state index in [0.29, 0.717) is 5.69 Å². The van der Waals surface area contributed by atoms with E-state index in [9.17, 15) is 14.9 Å². The van der Waals surface area contributed by atoms with Crippen molar-refractivity contribution >= 4 is 17.3 Å². The van der Waals surface area contributed by atoms with Crippen LogP contribution in [0, 0.1) is 17.0 Å². The Labute approximate surface area is 140 Å². The van der Waals surface area contributed by atoms with Crippen LogP contribution in [0.2, 0.25) is 0 Å². The number of hydrogen-bond acceptors (Lipinski definition) is 5. The number of furan rings is 1. The third kappa shape index (κ3) is 4.92. The molecule has 0 aliphatic rings. The molecule has 0 radical (unpaired) electrons. The SMILES string of the molecule is Cc1ccc(C(C)NC(C)CC(=O)Nc2cccc([N+](=O)[O-])c2)o1. The van der Waals surface area contributed by atoms with Crippen LogP contribution in [0.5, 0.6) is 0 Å². The zero-order valence-corrected chi connectivity index (χ0v) is 13.9. The Hall–Kier alpha value is -2.67. The van der Waals surface area contributed by atoms with Crippen LogP contribution in [0.3, 0.4) is 0 Å². The lowest BCUT2D eigenvalue weighted by atomic mass is 10.1. The fourth-order valence-electron chi connectivity index (χ4n) is 2.44. The molecule has 2 aromatic rings. The van der Waals surface area contributed by atoms with E-state index in [0.717, 1.165) is 11.5 Å². The number of aryl methyl sites for hydroxylation is 1. The molecule has 0 bridgehead atoms. The molecule has 0 aliphatic heterocycles. The van der Waals surface area contributed by atoms with Crippen LogP contribution < -0.4 is 10.6 Å². The van der Waals surface area contributed by atoms with E-state index < -0.39 is 4.92 Å². The van der Waals surface area contributed by atoms with Crippen molar-refractivity contribution in [3.8, 4) is 0 Å². The lowest BCUT2D eigenvalue weighted by Crippen LogP contribution is -2.32. The van der Waals surface area contributed by atoms with Crippen LogP contribution >= 0.6 is 0 Å². The number of nitro groups is 1. The van der Waals surface area contributed by atoms with Gasteiger partial charge in [-0.1, -0.05) is 6.07 Å². The summed E-state index contributed by atoms with van der Waals surface area (Å²) in [6, 6.07) is 9.59. The number of non-ortho nitro benzene ring substituents is 1. The quantitative estimate of drug-likeness (QED) is 0.597. The highest BCUT2D eigenvalue weighted by molar-refractivity contribution is 5.91. The van der Waals surface area contributed by atoms with Gasteiger partial charge >= 0.3 is 0 Å². The van der Waals surface area contributed by atoms with Crippen molar-refractivity contribution in [2.24, 2.45) is 0 Å². The first-order valence-electron chi connectivity index (χ1n) is 7.72. The molecule has 7 nitrogen and oxygen atoms in total. The van der Waals surface area contributed by atoms with Gasteiger partial charge in [-0.15, -0.1) is 0 Å². The van der Waals surface area contributed by atoms with Gasteiger partial charge in [0.25, 0.3) is 5.69 Å². The Balaban J connectivity index is 1.87. The standard InChI is InChI=1S/C17H21N3O4/c1-11(18-13(3)16-8-7-12(2)24-16)9-17(21)19-14-5-4-6-15(10-14)20(22)23/h4-8,10-11,13,18H,9H2,1-3H3,(H,19,21). The van der Waals surface area contributed by atoms with Crippen molar-refractivity contribution in [2.45, 2.75) is 39.3 Å². The van der Waals surface area contributed by atoms with E-state index in [-0.39, 0.29) is 30.1 Å². The summed E-state index contributed by atoms with van der Waals surface area (Å²) in [5.74, 6) is 1.45. The molecule has 0 saturated carbocycles. The van der Waals surface area contributed by atoms with Gasteiger partial charge < -0.3 is 15.1 Å². The van der Waals surface area contributed by atoms with Crippen LogP contribution in [-0.2, 0) is 4.79 Å². The van der Waals surface area contributed by atoms with Gasteiger partial charge in [-0.05, 0) is 39.0 Å². The fourth-order valence-corrected chi connectivity index (χ4v) is 2.44. The summed E-state index contributed by atoms with van der Waals surface area (Å²) in [7, 11) is 0. The van der Waals surface area contributed by atoms with Crippen molar-refractivity contribution in [1.29, 1.82) is 0 Å². The molecule has 1 aromatic heterocycles. The number of anilines is 1. The second-order valence-corrected chi connectivity index (χ2v) is 5.80. The minimum absolute atomic E-state index is 0.0145. The Morgan fingerprint density at radius 2 is 2.04 bits per heavy atom. The molecule has 1 amide bonds. The van der Waals surface area contributed by atoms with E-state index in [1.165, 1.54) is 18.2 Å². The van der Waals surface area contributed by atoms with Crippen LogP contribution in [0.15, 0.2) is 40.8 Å². The van der Waals surface area contributed by atoms with Crippen molar-refractivity contribution in [2.75, 3.05) is 5.32 Å². The summed E-state index contributed by atoms with van der Waals surface area (Å²) in [6.45, 7) is 5.75. The van der Waals surface area contributed by atoms with Gasteiger partial charge in [0, 0.05) is 30.3 Å². The van der Waals surface area contributed by atoms with Gasteiger partial charge in [-0.2, -0.15) is 0 Å². The third-order valence-electron chi connectivity index (χ3n) is 3.55. The van der Waals surface area contributed by atoms with Gasteiger partial charge in [0.15, 0.2) is 0 Å². The maximum absolute atomic E-state index is 12.1. The molecular weight excluding hydrogens is 310 g/mol. The molecule has 0 aliphatic carbocycles. The Morgan fingerprint density at radius 3 is 2.67 bits per heavy atom. The molecule has 0 spiro atoms. The van der Waals surface area contributed by atoms with Crippen LogP contribution in [0.25, 0.3) is 0 Å². The summed E-state index contributed by atoms with van der Waals surface area (Å²) in [5.41, 5.74) is 0.358. The minimum atomic E-state index is -0.493. The maximum Gasteiger partial charge on any atom is 0.271 e. The number of nitro benzene ring substituents is 1. The predicted octanol–water partition coefficient (Wildman–Crippen LogP) is 3.56. The maximum atomic E-state index is 12.1. The molecule has 2 rings (SSSR count). The molecular formula is C17H21N3O4. The number of carbonyl (C=O) groups excluding carboxylic acids is 1. The summed E-state index contributed by atoms with van der Waals surface area (Å²) < 4.78 is 5.56. The zero-order valence-electron chi connectivity index (χ0n) is 13.9. The van der Waals surface area contributed by atoms with Gasteiger partial charge in [0.05, 0.1) is 11.0 Å². The number of amides is 1. The lowest BCUT2D eigenvalue weighted by Gasteiger charge is -2.18. The molecule has 0 fully saturated rings. The zero-order chi connectivity index (χ0) is 17.7. The van der Waals surface area contributed by atoms with E-state index >= 15 is 0 Å². The van der Waals surface area contributed by atoms with Gasteiger partial charge in [-0.25, -0.2) is 0 Å². The molecule has 24 heavy (non-hydrogen) atoms. The van der Waals surface area contributed by atoms with Gasteiger partial charge in [0.1, 0.15) is 11.5 Å². The van der Waals surface area contributed by atoms with Crippen molar-refractivity contribution in [1.82, 2.24) is 5.32 Å². The monoisotopic (exact) mass is 331 g/mol. The Bertz CT molecular complexity index is 726. The van der Waals surface area contributed by atoms with Crippen molar-refractivity contribution in [3.63, 3.8) is 0 Å². The first kappa shape index (κ1) is 17.7. The smallest absolute Gasteiger partial charge is 0.271 e. The Kier molecular flexibility index (Phi) is 5.70. The van der Waals surface area contributed by atoms with E-state index in [2.05, 4.69) is 10.6 Å². The molecule has 2 unspecified atom stereocenters. The van der Waals surface area contributed by atoms with Crippen LogP contribution in [-0.4, -0.2) is 16.9 Å². The van der Waals surface area contributed by atoms with Crippen molar-refractivity contribution in [3.05, 3.63) is 58.0 Å². The number of carbonyl (C=O) groups is 1. The summed E-state index contributed by atoms with van der Waals surface area (Å²) in [6.07, 6.45) is 0.243. The minimum Gasteiger partial charge on any atom is -0.465 e. The molecule has 7 heteroatoms. The third-order valence-corrected chi connectivity index (χ3v) is 3.55. The van der Waals surface area contributed by atoms with Gasteiger partial charge in [0.2, 0.25) is 5.91 Å². The normalized spacial score (nSPS) is 13.3. The molecule has 128 valence electrons. The summed E-state index contributed by atoms with van der Waals surface area (Å²) in [4.78, 5) is 22.3. The molecule has 1 heterocycles. The fraction of sp³-hybridized carbons (Fsp3) is 0.353. The topological polar surface area (TPSA) is 97.4 Å². The number of hydrogen-bond donors (Lipinski definition) is 2. The highest BCUT2D eigenvalue weighted by Crippen LogP contribution is 2.18. The van der Waals surface area contributed by atoms with Crippen LogP contribution in [0.4, 0.5) is 11.4 Å². The number of nitrogens with zero attached hydrogens (tertiary/aromatic N) is 1. The second kappa shape index (κ2) is 7.74. The highest BCUT2D eigenvalue weighted by Gasteiger charge is 2.16. The average molecular weight is 331 g/mol. The summed E-state index contributed by atoms with van der Waals surface area (Å²) >= 11 is 0. The molecule has 0 saturated heterocycles. The number of benzene rings is 1. The molecule has 1 aromatic carbocycles. The average Bonchev–Trinajstić information content (AvgIpc) is 2.93. The van der Waals surface area contributed by atoms with Gasteiger partial charge in [-0.3, -0.25) is 14.9 Å². The number of rotatable bonds is 7. The summed E-state index contributed by atoms with van der Waals surface area (Å²) in [5, 5.41) is 16.7.